The van der Waals surface area contributed by atoms with Crippen LogP contribution in [0.4, 0.5) is 11.5 Å². The van der Waals surface area contributed by atoms with Crippen molar-refractivity contribution < 1.29 is 23.0 Å². The maximum Gasteiger partial charge on any atom is 0.335 e. The average Bonchev–Trinajstić information content (AvgIpc) is 2.89. The number of methoxy groups -OCH3 is 2. The molecule has 0 unspecified atom stereocenters. The second kappa shape index (κ2) is 10.6. The van der Waals surface area contributed by atoms with E-state index in [2.05, 4.69) is 24.7 Å². The lowest BCUT2D eigenvalue weighted by atomic mass is 10.2. The first-order valence-electron chi connectivity index (χ1n) is 10.9. The number of anilines is 1. The van der Waals surface area contributed by atoms with Gasteiger partial charge in [0, 0.05) is 12.3 Å². The van der Waals surface area contributed by atoms with Crippen molar-refractivity contribution in [1.29, 1.82) is 0 Å². The molecule has 196 valence electrons. The third-order valence-electron chi connectivity index (χ3n) is 5.22. The van der Waals surface area contributed by atoms with Crippen molar-refractivity contribution >= 4 is 27.7 Å². The number of aromatic hydroxyl groups is 1. The SMILES string of the molecule is COc1cc(NS(=O)(=O)c2ccc(N=Cc3c(O)n(-c4ccc(C)cc4)c(=O)[nH]c3=O)cc2)nc(OC)n1. The highest BCUT2D eigenvalue weighted by atomic mass is 32.2. The number of rotatable bonds is 8. The fourth-order valence-electron chi connectivity index (χ4n) is 3.29. The first-order chi connectivity index (χ1) is 18.1. The van der Waals surface area contributed by atoms with Crippen molar-refractivity contribution in [2.45, 2.75) is 11.8 Å². The van der Waals surface area contributed by atoms with Crippen molar-refractivity contribution in [1.82, 2.24) is 19.5 Å². The summed E-state index contributed by atoms with van der Waals surface area (Å²) < 4.78 is 38.8. The second-order valence-corrected chi connectivity index (χ2v) is 9.49. The molecule has 3 N–H and O–H groups in total. The molecule has 4 rings (SSSR count). The highest BCUT2D eigenvalue weighted by molar-refractivity contribution is 7.92. The molecule has 14 heteroatoms. The molecule has 0 radical (unpaired) electrons. The molecule has 0 bridgehead atoms. The van der Waals surface area contributed by atoms with Crippen LogP contribution >= 0.6 is 0 Å². The topological polar surface area (TPSA) is 178 Å². The minimum Gasteiger partial charge on any atom is -0.493 e. The summed E-state index contributed by atoms with van der Waals surface area (Å²) in [6.07, 6.45) is 1.08. The van der Waals surface area contributed by atoms with Crippen LogP contribution in [0.1, 0.15) is 11.1 Å². The Bertz CT molecular complexity index is 1710. The summed E-state index contributed by atoms with van der Waals surface area (Å²) in [7, 11) is -1.35. The molecule has 0 saturated carbocycles. The van der Waals surface area contributed by atoms with Crippen LogP contribution in [0, 0.1) is 6.92 Å². The molecular formula is C24H22N6O7S. The van der Waals surface area contributed by atoms with Crippen LogP contribution in [-0.2, 0) is 10.0 Å². The van der Waals surface area contributed by atoms with Crippen molar-refractivity contribution in [3.63, 3.8) is 0 Å². The lowest BCUT2D eigenvalue weighted by molar-refractivity contribution is 0.353. The Labute approximate surface area is 216 Å². The third-order valence-corrected chi connectivity index (χ3v) is 6.59. The maximum absolute atomic E-state index is 12.8. The van der Waals surface area contributed by atoms with Crippen LogP contribution in [0.25, 0.3) is 5.69 Å². The summed E-state index contributed by atoms with van der Waals surface area (Å²) >= 11 is 0. The van der Waals surface area contributed by atoms with Gasteiger partial charge >= 0.3 is 11.7 Å². The van der Waals surface area contributed by atoms with E-state index in [9.17, 15) is 23.1 Å². The number of ether oxygens (including phenoxy) is 2. The first-order valence-corrected chi connectivity index (χ1v) is 12.4. The molecule has 2 aromatic carbocycles. The van der Waals surface area contributed by atoms with E-state index < -0.39 is 27.2 Å². The number of sulfonamides is 1. The molecule has 0 aliphatic heterocycles. The summed E-state index contributed by atoms with van der Waals surface area (Å²) in [6.45, 7) is 1.87. The van der Waals surface area contributed by atoms with Crippen molar-refractivity contribution in [3.05, 3.63) is 86.6 Å². The van der Waals surface area contributed by atoms with E-state index in [1.165, 1.54) is 44.6 Å². The van der Waals surface area contributed by atoms with Gasteiger partial charge in [0.2, 0.25) is 11.8 Å². The van der Waals surface area contributed by atoms with E-state index in [0.717, 1.165) is 16.3 Å². The Morgan fingerprint density at radius 2 is 1.71 bits per heavy atom. The van der Waals surface area contributed by atoms with Gasteiger partial charge in [0.25, 0.3) is 15.6 Å². The number of aryl methyl sites for hydroxylation is 1. The minimum absolute atomic E-state index is 0.0609. The van der Waals surface area contributed by atoms with Crippen LogP contribution in [0.5, 0.6) is 17.8 Å². The van der Waals surface area contributed by atoms with E-state index in [4.69, 9.17) is 9.47 Å². The Morgan fingerprint density at radius 3 is 2.34 bits per heavy atom. The molecule has 0 aliphatic rings. The maximum atomic E-state index is 12.8. The smallest absolute Gasteiger partial charge is 0.335 e. The van der Waals surface area contributed by atoms with Crippen LogP contribution in [0.2, 0.25) is 0 Å². The van der Waals surface area contributed by atoms with E-state index in [0.29, 0.717) is 5.69 Å². The zero-order valence-corrected chi connectivity index (χ0v) is 21.2. The number of hydrogen-bond acceptors (Lipinski definition) is 10. The zero-order valence-electron chi connectivity index (χ0n) is 20.4. The van der Waals surface area contributed by atoms with Crippen LogP contribution < -0.4 is 25.4 Å². The Kier molecular flexibility index (Phi) is 7.25. The number of aliphatic imine (C=N–C) groups is 1. The van der Waals surface area contributed by atoms with E-state index in [1.807, 2.05) is 6.92 Å². The lowest BCUT2D eigenvalue weighted by Gasteiger charge is -2.10. The van der Waals surface area contributed by atoms with Gasteiger partial charge in [0.1, 0.15) is 5.56 Å². The Hall–Kier alpha value is -4.98. The van der Waals surface area contributed by atoms with Gasteiger partial charge in [-0.3, -0.25) is 19.5 Å². The highest BCUT2D eigenvalue weighted by Crippen LogP contribution is 2.23. The molecule has 2 heterocycles. The number of aromatic amines is 1. The number of H-pyrrole nitrogens is 1. The van der Waals surface area contributed by atoms with Crippen molar-refractivity contribution in [3.8, 4) is 23.5 Å². The number of nitrogens with one attached hydrogen (secondary N) is 2. The van der Waals surface area contributed by atoms with Crippen molar-refractivity contribution in [2.24, 2.45) is 4.99 Å². The summed E-state index contributed by atoms with van der Waals surface area (Å²) in [6, 6.07) is 13.3. The number of nitrogens with zero attached hydrogens (tertiary/aromatic N) is 4. The second-order valence-electron chi connectivity index (χ2n) is 7.81. The largest absolute Gasteiger partial charge is 0.493 e. The predicted octanol–water partition coefficient (Wildman–Crippen LogP) is 1.90. The molecule has 0 fully saturated rings. The summed E-state index contributed by atoms with van der Waals surface area (Å²) in [5.41, 5.74) is -0.320. The van der Waals surface area contributed by atoms with Gasteiger partial charge in [-0.25, -0.2) is 17.8 Å². The molecule has 2 aromatic heterocycles. The van der Waals surface area contributed by atoms with E-state index in [-0.39, 0.29) is 33.9 Å². The zero-order chi connectivity index (χ0) is 27.4. The quantitative estimate of drug-likeness (QED) is 0.283. The average molecular weight is 539 g/mol. The van der Waals surface area contributed by atoms with Gasteiger partial charge in [-0.1, -0.05) is 17.7 Å². The third kappa shape index (κ3) is 5.54. The predicted molar refractivity (Wildman–Crippen MR) is 139 cm³/mol. The molecule has 0 atom stereocenters. The molecule has 0 amide bonds. The van der Waals surface area contributed by atoms with Crippen LogP contribution in [0.15, 0.2) is 74.1 Å². The van der Waals surface area contributed by atoms with Gasteiger partial charge in [-0.05, 0) is 43.3 Å². The van der Waals surface area contributed by atoms with Gasteiger partial charge in [0.05, 0.1) is 30.5 Å². The van der Waals surface area contributed by atoms with E-state index in [1.54, 1.807) is 24.3 Å². The fraction of sp³-hybridized carbons (Fsp3) is 0.125. The number of aromatic nitrogens is 4. The fourth-order valence-corrected chi connectivity index (χ4v) is 4.28. The van der Waals surface area contributed by atoms with Crippen LogP contribution in [0.3, 0.4) is 0 Å². The first kappa shape index (κ1) is 26.1. The molecular weight excluding hydrogens is 516 g/mol. The normalized spacial score (nSPS) is 11.4. The standard InChI is InChI=1S/C24H22N6O7S/c1-14-4-8-16(9-5-14)30-22(32)18(21(31)28-24(30)33)13-25-15-6-10-17(11-7-15)38(34,35)29-19-12-20(36-2)27-23(26-19)37-3/h4-13,32H,1-3H3,(H,26,27,29)(H,28,31,33). The summed E-state index contributed by atoms with van der Waals surface area (Å²) in [5, 5.41) is 10.7. The van der Waals surface area contributed by atoms with Gasteiger partial charge in [-0.15, -0.1) is 0 Å². The summed E-state index contributed by atoms with van der Waals surface area (Å²) in [5.74, 6) is -0.550. The number of hydrogen-bond donors (Lipinski definition) is 3. The molecule has 38 heavy (non-hydrogen) atoms. The minimum atomic E-state index is -4.04. The van der Waals surface area contributed by atoms with Gasteiger partial charge in [0.15, 0.2) is 5.82 Å². The van der Waals surface area contributed by atoms with Crippen LogP contribution in [-0.4, -0.2) is 53.5 Å². The van der Waals surface area contributed by atoms with Gasteiger partial charge in [-0.2, -0.15) is 9.97 Å². The Morgan fingerprint density at radius 1 is 1.03 bits per heavy atom. The van der Waals surface area contributed by atoms with E-state index >= 15 is 0 Å². The molecule has 0 saturated heterocycles. The van der Waals surface area contributed by atoms with Crippen molar-refractivity contribution in [2.75, 3.05) is 18.9 Å². The lowest BCUT2D eigenvalue weighted by Crippen LogP contribution is -2.31. The molecule has 4 aromatic rings. The monoisotopic (exact) mass is 538 g/mol. The Balaban J connectivity index is 1.60. The summed E-state index contributed by atoms with van der Waals surface area (Å²) in [4.78, 5) is 38.7. The number of benzene rings is 2. The molecule has 13 nitrogen and oxygen atoms in total. The van der Waals surface area contributed by atoms with Gasteiger partial charge < -0.3 is 14.6 Å². The molecule has 0 spiro atoms. The highest BCUT2D eigenvalue weighted by Gasteiger charge is 2.17. The molecule has 0 aliphatic carbocycles.